The number of nitrogens with one attached hydrogen (secondary N) is 1. The second-order valence-corrected chi connectivity index (χ2v) is 10.8. The van der Waals surface area contributed by atoms with Crippen molar-refractivity contribution in [1.82, 2.24) is 14.9 Å². The van der Waals surface area contributed by atoms with Crippen LogP contribution in [0.25, 0.3) is 11.0 Å². The van der Waals surface area contributed by atoms with Gasteiger partial charge in [0.1, 0.15) is 29.7 Å². The predicted molar refractivity (Wildman–Crippen MR) is 163 cm³/mol. The topological polar surface area (TPSA) is 82.5 Å². The van der Waals surface area contributed by atoms with Crippen LogP contribution in [0.15, 0.2) is 97.1 Å². The van der Waals surface area contributed by atoms with Crippen molar-refractivity contribution in [3.05, 3.63) is 120 Å². The Labute approximate surface area is 248 Å². The first-order valence-electron chi connectivity index (χ1n) is 13.0. The summed E-state index contributed by atoms with van der Waals surface area (Å²) in [6, 6.07) is 32.0. The van der Waals surface area contributed by atoms with E-state index in [1.807, 2.05) is 72.3 Å². The molecular weight excluding hydrogens is 558 g/mol. The molecule has 2 amide bonds. The molecule has 0 saturated carbocycles. The maximum absolute atomic E-state index is 11.8. The van der Waals surface area contributed by atoms with Crippen molar-refractivity contribution in [3.63, 3.8) is 0 Å². The third-order valence-electron chi connectivity index (χ3n) is 6.83. The SMILES string of the molecule is Cl.Cn1c(COc2ccc(CC3SC(=O)NC3=O)cc2)nc2ccc(Oc3ccc(Cc4ccccc4)cc3)cc21. The van der Waals surface area contributed by atoms with Gasteiger partial charge in [0.15, 0.2) is 0 Å². The number of imide groups is 1. The van der Waals surface area contributed by atoms with Gasteiger partial charge in [-0.1, -0.05) is 66.4 Å². The number of rotatable bonds is 9. The van der Waals surface area contributed by atoms with Crippen LogP contribution in [0.5, 0.6) is 17.2 Å². The molecule has 1 atom stereocenters. The Kier molecular flexibility index (Phi) is 8.61. The number of fused-ring (bicyclic) bond motifs is 1. The van der Waals surface area contributed by atoms with Crippen LogP contribution >= 0.6 is 24.2 Å². The third-order valence-corrected chi connectivity index (χ3v) is 7.82. The fourth-order valence-electron chi connectivity index (χ4n) is 4.67. The Morgan fingerprint density at radius 3 is 2.20 bits per heavy atom. The fourth-order valence-corrected chi connectivity index (χ4v) is 5.53. The van der Waals surface area contributed by atoms with E-state index in [1.54, 1.807) is 0 Å². The number of thioether (sulfide) groups is 1. The van der Waals surface area contributed by atoms with Crippen molar-refractivity contribution >= 4 is 46.3 Å². The molecule has 0 bridgehead atoms. The number of carbonyl (C=O) groups excluding carboxylic acids is 2. The van der Waals surface area contributed by atoms with E-state index in [-0.39, 0.29) is 28.8 Å². The van der Waals surface area contributed by atoms with Crippen molar-refractivity contribution < 1.29 is 19.1 Å². The Hall–Kier alpha value is -4.27. The summed E-state index contributed by atoms with van der Waals surface area (Å²) in [6.45, 7) is 0.305. The largest absolute Gasteiger partial charge is 0.486 e. The second-order valence-electron chi connectivity index (χ2n) is 9.67. The molecule has 5 aromatic rings. The average molecular weight is 586 g/mol. The van der Waals surface area contributed by atoms with Gasteiger partial charge in [-0.3, -0.25) is 14.9 Å². The molecule has 0 aliphatic carbocycles. The summed E-state index contributed by atoms with van der Waals surface area (Å²) in [5, 5.41) is 1.65. The monoisotopic (exact) mass is 585 g/mol. The first-order valence-corrected chi connectivity index (χ1v) is 13.9. The van der Waals surface area contributed by atoms with E-state index in [0.717, 1.165) is 52.1 Å². The smallest absolute Gasteiger partial charge is 0.286 e. The molecule has 1 fully saturated rings. The lowest BCUT2D eigenvalue weighted by Crippen LogP contribution is -2.25. The van der Waals surface area contributed by atoms with Gasteiger partial charge in [-0.25, -0.2) is 4.98 Å². The summed E-state index contributed by atoms with van der Waals surface area (Å²) in [5.74, 6) is 2.78. The van der Waals surface area contributed by atoms with Gasteiger partial charge < -0.3 is 14.0 Å². The van der Waals surface area contributed by atoms with Gasteiger partial charge in [0, 0.05) is 13.1 Å². The van der Waals surface area contributed by atoms with Gasteiger partial charge >= 0.3 is 0 Å². The van der Waals surface area contributed by atoms with Crippen LogP contribution in [-0.2, 0) is 31.3 Å². The zero-order valence-corrected chi connectivity index (χ0v) is 23.9. The Balaban J connectivity index is 0.00000337. The maximum Gasteiger partial charge on any atom is 0.286 e. The molecule has 1 aromatic heterocycles. The average Bonchev–Trinajstić information content (AvgIpc) is 3.46. The van der Waals surface area contributed by atoms with Gasteiger partial charge in [0.2, 0.25) is 5.91 Å². The Morgan fingerprint density at radius 1 is 0.829 bits per heavy atom. The minimum absolute atomic E-state index is 0. The summed E-state index contributed by atoms with van der Waals surface area (Å²) < 4.78 is 14.1. The number of aromatic nitrogens is 2. The zero-order chi connectivity index (χ0) is 27.5. The molecule has 0 spiro atoms. The molecule has 1 aliphatic heterocycles. The summed E-state index contributed by atoms with van der Waals surface area (Å²) in [7, 11) is 1.96. The lowest BCUT2D eigenvalue weighted by Gasteiger charge is -2.09. The van der Waals surface area contributed by atoms with Gasteiger partial charge in [0.25, 0.3) is 5.24 Å². The number of benzene rings is 4. The molecule has 1 unspecified atom stereocenters. The second kappa shape index (κ2) is 12.5. The molecule has 41 heavy (non-hydrogen) atoms. The molecular formula is C32H28ClN3O4S. The number of aryl methyl sites for hydroxylation is 1. The molecule has 1 N–H and O–H groups in total. The first-order chi connectivity index (χ1) is 19.5. The molecule has 6 rings (SSSR count). The lowest BCUT2D eigenvalue weighted by atomic mass is 10.1. The Bertz CT molecular complexity index is 1670. The van der Waals surface area contributed by atoms with E-state index in [2.05, 4.69) is 41.7 Å². The van der Waals surface area contributed by atoms with Crippen LogP contribution in [0.4, 0.5) is 4.79 Å². The third kappa shape index (κ3) is 6.73. The van der Waals surface area contributed by atoms with Crippen LogP contribution in [0.2, 0.25) is 0 Å². The van der Waals surface area contributed by atoms with Gasteiger partial charge in [0.05, 0.1) is 16.3 Å². The Morgan fingerprint density at radius 2 is 1.49 bits per heavy atom. The van der Waals surface area contributed by atoms with Gasteiger partial charge in [-0.15, -0.1) is 12.4 Å². The number of ether oxygens (including phenoxy) is 2. The maximum atomic E-state index is 11.8. The number of hydrogen-bond donors (Lipinski definition) is 1. The molecule has 2 heterocycles. The molecule has 1 saturated heterocycles. The van der Waals surface area contributed by atoms with Gasteiger partial charge in [-0.05, 0) is 65.9 Å². The molecule has 208 valence electrons. The summed E-state index contributed by atoms with van der Waals surface area (Å²) in [6.07, 6.45) is 1.38. The van der Waals surface area contributed by atoms with E-state index in [4.69, 9.17) is 14.5 Å². The van der Waals surface area contributed by atoms with E-state index < -0.39 is 0 Å². The molecule has 1 aliphatic rings. The predicted octanol–water partition coefficient (Wildman–Crippen LogP) is 6.85. The zero-order valence-electron chi connectivity index (χ0n) is 22.3. The number of hydrogen-bond acceptors (Lipinski definition) is 6. The molecule has 0 radical (unpaired) electrons. The van der Waals surface area contributed by atoms with E-state index in [9.17, 15) is 9.59 Å². The van der Waals surface area contributed by atoms with Crippen molar-refractivity contribution in [3.8, 4) is 17.2 Å². The fraction of sp³-hybridized carbons (Fsp3) is 0.156. The molecule has 9 heteroatoms. The van der Waals surface area contributed by atoms with Crippen LogP contribution < -0.4 is 14.8 Å². The quantitative estimate of drug-likeness (QED) is 0.204. The highest BCUT2D eigenvalue weighted by atomic mass is 35.5. The minimum atomic E-state index is -0.382. The van der Waals surface area contributed by atoms with Crippen molar-refractivity contribution in [1.29, 1.82) is 0 Å². The summed E-state index contributed by atoms with van der Waals surface area (Å²) >= 11 is 1.03. The van der Waals surface area contributed by atoms with Crippen LogP contribution in [0.1, 0.15) is 22.5 Å². The van der Waals surface area contributed by atoms with Crippen LogP contribution in [0, 0.1) is 0 Å². The number of amides is 2. The van der Waals surface area contributed by atoms with Crippen molar-refractivity contribution in [2.24, 2.45) is 7.05 Å². The van der Waals surface area contributed by atoms with Crippen LogP contribution in [-0.4, -0.2) is 25.9 Å². The van der Waals surface area contributed by atoms with E-state index in [0.29, 0.717) is 18.8 Å². The summed E-state index contributed by atoms with van der Waals surface area (Å²) in [4.78, 5) is 27.9. The molecule has 7 nitrogen and oxygen atoms in total. The highest BCUT2D eigenvalue weighted by Gasteiger charge is 2.31. The minimum Gasteiger partial charge on any atom is -0.486 e. The van der Waals surface area contributed by atoms with Crippen LogP contribution in [0.3, 0.4) is 0 Å². The lowest BCUT2D eigenvalue weighted by molar-refractivity contribution is -0.118. The number of halogens is 1. The number of nitrogens with zero attached hydrogens (tertiary/aromatic N) is 2. The highest BCUT2D eigenvalue weighted by Crippen LogP contribution is 2.28. The summed E-state index contributed by atoms with van der Waals surface area (Å²) in [5.41, 5.74) is 5.30. The standard InChI is InChI=1S/C32H27N3O4S.ClH/c1-35-28-19-26(39-25-13-9-22(10-14-25)17-21-5-3-2-4-6-21)15-16-27(28)33-30(35)20-38-24-11-7-23(8-12-24)18-29-31(36)34-32(37)40-29;/h2-16,19,29H,17-18,20H2,1H3,(H,34,36,37);1H. The number of imidazole rings is 1. The first kappa shape index (κ1) is 28.3. The molecule has 4 aromatic carbocycles. The normalized spacial score (nSPS) is 14.5. The highest BCUT2D eigenvalue weighted by molar-refractivity contribution is 8.15. The van der Waals surface area contributed by atoms with E-state index in [1.165, 1.54) is 11.1 Å². The van der Waals surface area contributed by atoms with E-state index >= 15 is 0 Å². The van der Waals surface area contributed by atoms with Gasteiger partial charge in [-0.2, -0.15) is 0 Å². The number of carbonyl (C=O) groups is 2. The van der Waals surface area contributed by atoms with Crippen molar-refractivity contribution in [2.75, 3.05) is 0 Å². The van der Waals surface area contributed by atoms with Crippen molar-refractivity contribution in [2.45, 2.75) is 24.7 Å².